The lowest BCUT2D eigenvalue weighted by molar-refractivity contribution is 0.238. The molecule has 2 heterocycles. The minimum absolute atomic E-state index is 0.0930. The molecule has 19 heavy (non-hydrogen) atoms. The highest BCUT2D eigenvalue weighted by atomic mass is 127. The van der Waals surface area contributed by atoms with Gasteiger partial charge in [-0.3, -0.25) is 9.69 Å². The van der Waals surface area contributed by atoms with Crippen molar-refractivity contribution in [1.82, 2.24) is 14.9 Å². The summed E-state index contributed by atoms with van der Waals surface area (Å²) >= 11 is 7.06. The Morgan fingerprint density at radius 3 is 2.74 bits per heavy atom. The lowest BCUT2D eigenvalue weighted by atomic mass is 10.2. The molecule has 1 aromatic rings. The van der Waals surface area contributed by atoms with Gasteiger partial charge in [-0.15, -0.1) is 0 Å². The van der Waals surface area contributed by atoms with Crippen molar-refractivity contribution in [2.45, 2.75) is 13.0 Å². The Morgan fingerprint density at radius 1 is 1.53 bits per heavy atom. The van der Waals surface area contributed by atoms with Crippen LogP contribution in [0.25, 0.3) is 0 Å². The predicted molar refractivity (Wildman–Crippen MR) is 87.6 cm³/mol. The van der Waals surface area contributed by atoms with Crippen molar-refractivity contribution in [1.29, 1.82) is 0 Å². The van der Waals surface area contributed by atoms with E-state index in [1.165, 1.54) is 6.33 Å². The first-order chi connectivity index (χ1) is 9.00. The molecule has 1 aromatic heterocycles. The molecule has 1 fully saturated rings. The summed E-state index contributed by atoms with van der Waals surface area (Å²) in [4.78, 5) is 23.3. The van der Waals surface area contributed by atoms with E-state index in [2.05, 4.69) is 19.8 Å². The second kappa shape index (κ2) is 6.14. The molecule has 0 saturated carbocycles. The standard InChI is InChI=1S/C11H16IN5OS/c1-7(9(13)19)16-2-4-17(5-3-16)10-8(12)11(18)15-6-14-10/h6-7H,2-5H2,1H3,(H2,13,19)(H,14,15,18). The van der Waals surface area contributed by atoms with Crippen LogP contribution in [0.3, 0.4) is 0 Å². The van der Waals surface area contributed by atoms with E-state index in [-0.39, 0.29) is 11.6 Å². The highest BCUT2D eigenvalue weighted by Crippen LogP contribution is 2.18. The number of thiocarbonyl (C=S) groups is 1. The molecule has 1 aliphatic rings. The molecule has 1 atom stereocenters. The first-order valence-electron chi connectivity index (χ1n) is 6.02. The van der Waals surface area contributed by atoms with E-state index in [4.69, 9.17) is 18.0 Å². The van der Waals surface area contributed by atoms with Crippen LogP contribution < -0.4 is 16.2 Å². The second-order valence-corrected chi connectivity index (χ2v) is 6.02. The number of anilines is 1. The minimum atomic E-state index is -0.0930. The number of H-pyrrole nitrogens is 1. The number of hydrogen-bond acceptors (Lipinski definition) is 5. The Morgan fingerprint density at radius 2 is 2.16 bits per heavy atom. The van der Waals surface area contributed by atoms with Gasteiger partial charge in [-0.1, -0.05) is 12.2 Å². The van der Waals surface area contributed by atoms with Gasteiger partial charge in [0, 0.05) is 26.2 Å². The number of aromatic amines is 1. The van der Waals surface area contributed by atoms with Gasteiger partial charge >= 0.3 is 0 Å². The highest BCUT2D eigenvalue weighted by Gasteiger charge is 2.24. The van der Waals surface area contributed by atoms with E-state index < -0.39 is 0 Å². The molecule has 0 amide bonds. The predicted octanol–water partition coefficient (Wildman–Crippen LogP) is 0.171. The molecule has 2 rings (SSSR count). The van der Waals surface area contributed by atoms with Gasteiger partial charge < -0.3 is 15.6 Å². The molecule has 1 aliphatic heterocycles. The Balaban J connectivity index is 2.06. The normalized spacial score (nSPS) is 18.3. The van der Waals surface area contributed by atoms with Gasteiger partial charge in [-0.05, 0) is 29.5 Å². The van der Waals surface area contributed by atoms with Gasteiger partial charge in [-0.2, -0.15) is 0 Å². The number of aromatic nitrogens is 2. The van der Waals surface area contributed by atoms with Crippen molar-refractivity contribution in [2.75, 3.05) is 31.1 Å². The monoisotopic (exact) mass is 393 g/mol. The van der Waals surface area contributed by atoms with Gasteiger partial charge in [0.1, 0.15) is 9.39 Å². The summed E-state index contributed by atoms with van der Waals surface area (Å²) < 4.78 is 0.635. The largest absolute Gasteiger partial charge is 0.392 e. The average molecular weight is 393 g/mol. The summed E-state index contributed by atoms with van der Waals surface area (Å²) in [7, 11) is 0. The summed E-state index contributed by atoms with van der Waals surface area (Å²) in [6.07, 6.45) is 1.45. The molecule has 0 aliphatic carbocycles. The topological polar surface area (TPSA) is 78.2 Å². The van der Waals surface area contributed by atoms with Gasteiger partial charge in [0.15, 0.2) is 0 Å². The average Bonchev–Trinajstić information content (AvgIpc) is 2.41. The van der Waals surface area contributed by atoms with E-state index in [1.54, 1.807) is 0 Å². The van der Waals surface area contributed by atoms with Crippen molar-refractivity contribution < 1.29 is 0 Å². The molecule has 1 unspecified atom stereocenters. The first kappa shape index (κ1) is 14.7. The summed E-state index contributed by atoms with van der Waals surface area (Å²) in [6, 6.07) is 0.114. The summed E-state index contributed by atoms with van der Waals surface area (Å²) in [5.41, 5.74) is 5.58. The Kier molecular flexibility index (Phi) is 4.74. The SMILES string of the molecule is CC(C(N)=S)N1CCN(c2nc[nH]c(=O)c2I)CC1. The smallest absolute Gasteiger partial charge is 0.266 e. The molecular formula is C11H16IN5OS. The molecule has 0 bridgehead atoms. The number of nitrogens with zero attached hydrogens (tertiary/aromatic N) is 3. The molecule has 0 spiro atoms. The lowest BCUT2D eigenvalue weighted by Gasteiger charge is -2.38. The maximum Gasteiger partial charge on any atom is 0.266 e. The maximum absolute atomic E-state index is 11.6. The van der Waals surface area contributed by atoms with Crippen LogP contribution in [0.1, 0.15) is 6.92 Å². The van der Waals surface area contributed by atoms with Crippen molar-refractivity contribution in [3.8, 4) is 0 Å². The van der Waals surface area contributed by atoms with E-state index in [9.17, 15) is 4.79 Å². The van der Waals surface area contributed by atoms with E-state index in [0.29, 0.717) is 8.56 Å². The van der Waals surface area contributed by atoms with Crippen LogP contribution in [-0.4, -0.2) is 52.1 Å². The number of hydrogen-bond donors (Lipinski definition) is 2. The molecule has 0 aromatic carbocycles. The third kappa shape index (κ3) is 3.23. The van der Waals surface area contributed by atoms with Crippen molar-refractivity contribution in [2.24, 2.45) is 5.73 Å². The minimum Gasteiger partial charge on any atom is -0.392 e. The number of piperazine rings is 1. The fourth-order valence-corrected chi connectivity index (χ4v) is 2.88. The fraction of sp³-hybridized carbons (Fsp3) is 0.545. The highest BCUT2D eigenvalue weighted by molar-refractivity contribution is 14.1. The molecular weight excluding hydrogens is 377 g/mol. The maximum atomic E-state index is 11.6. The molecule has 3 N–H and O–H groups in total. The fourth-order valence-electron chi connectivity index (χ4n) is 2.10. The van der Waals surface area contributed by atoms with Gasteiger partial charge in [-0.25, -0.2) is 4.98 Å². The Bertz CT molecular complexity index is 526. The summed E-state index contributed by atoms with van der Waals surface area (Å²) in [5.74, 6) is 0.756. The van der Waals surface area contributed by atoms with E-state index >= 15 is 0 Å². The number of nitrogens with one attached hydrogen (secondary N) is 1. The van der Waals surface area contributed by atoms with Crippen molar-refractivity contribution >= 4 is 45.6 Å². The summed E-state index contributed by atoms with van der Waals surface area (Å²) in [5, 5.41) is 0. The lowest BCUT2D eigenvalue weighted by Crippen LogP contribution is -2.53. The molecule has 8 heteroatoms. The van der Waals surface area contributed by atoms with E-state index in [1.807, 2.05) is 29.5 Å². The van der Waals surface area contributed by atoms with Gasteiger partial charge in [0.2, 0.25) is 0 Å². The molecule has 104 valence electrons. The third-order valence-electron chi connectivity index (χ3n) is 3.35. The van der Waals surface area contributed by atoms with Gasteiger partial charge in [0.25, 0.3) is 5.56 Å². The summed E-state index contributed by atoms with van der Waals surface area (Å²) in [6.45, 7) is 5.39. The van der Waals surface area contributed by atoms with Crippen LogP contribution in [0.4, 0.5) is 5.82 Å². The Labute approximate surface area is 130 Å². The zero-order valence-electron chi connectivity index (χ0n) is 10.6. The van der Waals surface area contributed by atoms with Crippen molar-refractivity contribution in [3.05, 3.63) is 20.3 Å². The molecule has 0 radical (unpaired) electrons. The molecule has 6 nitrogen and oxygen atoms in total. The van der Waals surface area contributed by atoms with Crippen LogP contribution >= 0.6 is 34.8 Å². The first-order valence-corrected chi connectivity index (χ1v) is 7.51. The van der Waals surface area contributed by atoms with Crippen LogP contribution in [0, 0.1) is 3.57 Å². The van der Waals surface area contributed by atoms with E-state index in [0.717, 1.165) is 32.0 Å². The van der Waals surface area contributed by atoms with Crippen LogP contribution in [-0.2, 0) is 0 Å². The van der Waals surface area contributed by atoms with Crippen LogP contribution in [0.5, 0.6) is 0 Å². The van der Waals surface area contributed by atoms with Crippen LogP contribution in [0.2, 0.25) is 0 Å². The zero-order valence-corrected chi connectivity index (χ0v) is 13.6. The zero-order chi connectivity index (χ0) is 14.0. The van der Waals surface area contributed by atoms with Crippen molar-refractivity contribution in [3.63, 3.8) is 0 Å². The number of rotatable bonds is 3. The number of nitrogens with two attached hydrogens (primary N) is 1. The Hall–Kier alpha value is -0.740. The van der Waals surface area contributed by atoms with Gasteiger partial charge in [0.05, 0.1) is 17.4 Å². The third-order valence-corrected chi connectivity index (χ3v) is 4.66. The molecule has 1 saturated heterocycles. The number of halogens is 1. The quantitative estimate of drug-likeness (QED) is 0.563. The van der Waals surface area contributed by atoms with Crippen LogP contribution in [0.15, 0.2) is 11.1 Å². The second-order valence-electron chi connectivity index (χ2n) is 4.47.